The second-order valence-electron chi connectivity index (χ2n) is 7.88. The lowest BCUT2D eigenvalue weighted by molar-refractivity contribution is 0.174. The molecule has 0 spiro atoms. The summed E-state index contributed by atoms with van der Waals surface area (Å²) in [6, 6.07) is 19.9. The van der Waals surface area contributed by atoms with Crippen molar-refractivity contribution in [2.24, 2.45) is 0 Å². The topological polar surface area (TPSA) is 81.3 Å². The van der Waals surface area contributed by atoms with Gasteiger partial charge in [-0.15, -0.1) is 0 Å². The minimum Gasteiger partial charge on any atom is -0.497 e. The van der Waals surface area contributed by atoms with Gasteiger partial charge < -0.3 is 24.5 Å². The molecule has 7 nitrogen and oxygen atoms in total. The Morgan fingerprint density at radius 2 is 1.88 bits per heavy atom. The van der Waals surface area contributed by atoms with Crippen LogP contribution >= 0.6 is 0 Å². The van der Waals surface area contributed by atoms with Crippen LogP contribution in [0.3, 0.4) is 0 Å². The number of hydrogen-bond donors (Lipinski definition) is 2. The summed E-state index contributed by atoms with van der Waals surface area (Å²) in [6.07, 6.45) is 2.93. The molecule has 0 aliphatic carbocycles. The summed E-state index contributed by atoms with van der Waals surface area (Å²) < 4.78 is 16.4. The monoisotopic (exact) mass is 438 g/mol. The molecule has 2 N–H and O–H groups in total. The first kappa shape index (κ1) is 19.4. The Kier molecular flexibility index (Phi) is 4.72. The largest absolute Gasteiger partial charge is 0.497 e. The van der Waals surface area contributed by atoms with Gasteiger partial charge in [0.05, 0.1) is 12.6 Å². The van der Waals surface area contributed by atoms with E-state index < -0.39 is 0 Å². The van der Waals surface area contributed by atoms with Gasteiger partial charge in [-0.2, -0.15) is 0 Å². The second-order valence-corrected chi connectivity index (χ2v) is 7.88. The lowest BCUT2D eigenvalue weighted by Crippen LogP contribution is -2.08. The van der Waals surface area contributed by atoms with Crippen molar-refractivity contribution >= 4 is 27.6 Å². The molecule has 0 saturated carbocycles. The smallest absolute Gasteiger partial charge is 0.231 e. The summed E-state index contributed by atoms with van der Waals surface area (Å²) in [5.74, 6) is 3.61. The second kappa shape index (κ2) is 8.02. The average Bonchev–Trinajstić information content (AvgIpc) is 3.50. The van der Waals surface area contributed by atoms with Gasteiger partial charge in [0.2, 0.25) is 6.79 Å². The number of anilines is 1. The van der Waals surface area contributed by atoms with Crippen LogP contribution in [0.25, 0.3) is 33.2 Å². The van der Waals surface area contributed by atoms with Crippen molar-refractivity contribution < 1.29 is 14.2 Å². The molecule has 0 radical (unpaired) electrons. The lowest BCUT2D eigenvalue weighted by Gasteiger charge is -2.12. The third-order valence-corrected chi connectivity index (χ3v) is 5.90. The summed E-state index contributed by atoms with van der Waals surface area (Å²) in [4.78, 5) is 13.0. The summed E-state index contributed by atoms with van der Waals surface area (Å²) in [5, 5.41) is 5.69. The van der Waals surface area contributed by atoms with Crippen LogP contribution in [0.4, 0.5) is 5.82 Å². The van der Waals surface area contributed by atoms with Gasteiger partial charge >= 0.3 is 0 Å². The van der Waals surface area contributed by atoms with Crippen LogP contribution in [-0.2, 0) is 6.42 Å². The van der Waals surface area contributed by atoms with Crippen molar-refractivity contribution in [3.8, 4) is 28.6 Å². The fourth-order valence-electron chi connectivity index (χ4n) is 4.19. The quantitative estimate of drug-likeness (QED) is 0.381. The van der Waals surface area contributed by atoms with Crippen LogP contribution in [0.5, 0.6) is 17.2 Å². The van der Waals surface area contributed by atoms with Gasteiger partial charge in [0.1, 0.15) is 11.6 Å². The number of aromatic amines is 1. The number of hydrogen-bond acceptors (Lipinski definition) is 6. The van der Waals surface area contributed by atoms with Gasteiger partial charge in [0.15, 0.2) is 17.3 Å². The van der Waals surface area contributed by atoms with E-state index >= 15 is 0 Å². The molecule has 3 aromatic carbocycles. The number of para-hydroxylation sites is 1. The van der Waals surface area contributed by atoms with Crippen LogP contribution in [0.2, 0.25) is 0 Å². The molecule has 0 fully saturated rings. The molecule has 0 saturated heterocycles. The molecule has 0 atom stereocenters. The average molecular weight is 438 g/mol. The third kappa shape index (κ3) is 3.57. The standard InChI is InChI=1S/C26H22N4O3/c1-31-18-7-8-22-20(13-18)26(27-11-10-17-14-28-21-5-3-2-4-19(17)21)30-25(29-22)16-6-9-23-24(12-16)33-15-32-23/h2-9,12-14,28H,10-11,15H2,1H3,(H,27,29,30). The van der Waals surface area contributed by atoms with Gasteiger partial charge in [0.25, 0.3) is 0 Å². The van der Waals surface area contributed by atoms with Crippen LogP contribution in [-0.4, -0.2) is 35.4 Å². The number of nitrogens with one attached hydrogen (secondary N) is 2. The summed E-state index contributed by atoms with van der Waals surface area (Å²) in [7, 11) is 1.66. The van der Waals surface area contributed by atoms with E-state index in [2.05, 4.69) is 34.7 Å². The highest BCUT2D eigenvalue weighted by molar-refractivity contribution is 5.92. The van der Waals surface area contributed by atoms with Gasteiger partial charge in [-0.05, 0) is 54.4 Å². The van der Waals surface area contributed by atoms with Crippen molar-refractivity contribution in [2.75, 3.05) is 25.8 Å². The van der Waals surface area contributed by atoms with E-state index in [4.69, 9.17) is 24.2 Å². The Balaban J connectivity index is 1.34. The van der Waals surface area contributed by atoms with Gasteiger partial charge in [-0.25, -0.2) is 9.97 Å². The molecule has 6 rings (SSSR count). The third-order valence-electron chi connectivity index (χ3n) is 5.90. The Morgan fingerprint density at radius 3 is 2.82 bits per heavy atom. The van der Waals surface area contributed by atoms with Crippen LogP contribution in [0.1, 0.15) is 5.56 Å². The van der Waals surface area contributed by atoms with Gasteiger partial charge in [-0.3, -0.25) is 0 Å². The van der Waals surface area contributed by atoms with E-state index in [1.807, 2.05) is 42.5 Å². The highest BCUT2D eigenvalue weighted by Crippen LogP contribution is 2.36. The number of aromatic nitrogens is 3. The highest BCUT2D eigenvalue weighted by Gasteiger charge is 2.17. The maximum absolute atomic E-state index is 5.54. The number of fused-ring (bicyclic) bond motifs is 3. The highest BCUT2D eigenvalue weighted by atomic mass is 16.7. The molecule has 0 amide bonds. The first-order chi connectivity index (χ1) is 16.3. The van der Waals surface area contributed by atoms with Crippen LogP contribution in [0, 0.1) is 0 Å². The molecule has 5 aromatic rings. The van der Waals surface area contributed by atoms with Crippen molar-refractivity contribution in [2.45, 2.75) is 6.42 Å². The SMILES string of the molecule is COc1ccc2nc(-c3ccc4c(c3)OCO4)nc(NCCc3c[nH]c4ccccc34)c2c1. The molecule has 7 heteroatoms. The fraction of sp³-hybridized carbons (Fsp3) is 0.154. The number of rotatable bonds is 6. The molecule has 0 bridgehead atoms. The zero-order valence-electron chi connectivity index (χ0n) is 18.1. The minimum atomic E-state index is 0.234. The predicted octanol–water partition coefficient (Wildman–Crippen LogP) is 5.17. The lowest BCUT2D eigenvalue weighted by atomic mass is 10.1. The van der Waals surface area contributed by atoms with E-state index in [1.54, 1.807) is 7.11 Å². The van der Waals surface area contributed by atoms with E-state index in [0.717, 1.165) is 52.3 Å². The molecule has 0 unspecified atom stereocenters. The Morgan fingerprint density at radius 1 is 0.970 bits per heavy atom. The van der Waals surface area contributed by atoms with Crippen LogP contribution in [0.15, 0.2) is 66.9 Å². The fourth-order valence-corrected chi connectivity index (χ4v) is 4.19. The summed E-state index contributed by atoms with van der Waals surface area (Å²) >= 11 is 0. The molecule has 2 aromatic heterocycles. The minimum absolute atomic E-state index is 0.234. The van der Waals surface area contributed by atoms with Crippen molar-refractivity contribution in [1.82, 2.24) is 15.0 Å². The number of nitrogens with zero attached hydrogens (tertiary/aromatic N) is 2. The number of H-pyrrole nitrogens is 1. The predicted molar refractivity (Wildman–Crippen MR) is 128 cm³/mol. The van der Waals surface area contributed by atoms with E-state index in [1.165, 1.54) is 10.9 Å². The van der Waals surface area contributed by atoms with Crippen LogP contribution < -0.4 is 19.5 Å². The zero-order chi connectivity index (χ0) is 22.2. The maximum Gasteiger partial charge on any atom is 0.231 e. The van der Waals surface area contributed by atoms with Gasteiger partial charge in [-0.1, -0.05) is 18.2 Å². The number of benzene rings is 3. The van der Waals surface area contributed by atoms with Crippen molar-refractivity contribution in [3.63, 3.8) is 0 Å². The number of ether oxygens (including phenoxy) is 3. The molecular formula is C26H22N4O3. The summed E-state index contributed by atoms with van der Waals surface area (Å²) in [5.41, 5.74) is 4.13. The van der Waals surface area contributed by atoms with Crippen molar-refractivity contribution in [3.05, 3.63) is 72.4 Å². The molecule has 1 aliphatic rings. The van der Waals surface area contributed by atoms with E-state index in [0.29, 0.717) is 11.6 Å². The summed E-state index contributed by atoms with van der Waals surface area (Å²) in [6.45, 7) is 0.962. The van der Waals surface area contributed by atoms with Gasteiger partial charge in [0, 0.05) is 34.6 Å². The zero-order valence-corrected chi connectivity index (χ0v) is 18.1. The molecule has 164 valence electrons. The van der Waals surface area contributed by atoms with Crippen molar-refractivity contribution in [1.29, 1.82) is 0 Å². The molecular weight excluding hydrogens is 416 g/mol. The first-order valence-corrected chi connectivity index (χ1v) is 10.8. The first-order valence-electron chi connectivity index (χ1n) is 10.8. The molecule has 3 heterocycles. The Bertz CT molecular complexity index is 1480. The number of methoxy groups -OCH3 is 1. The molecule has 1 aliphatic heterocycles. The van der Waals surface area contributed by atoms with E-state index in [9.17, 15) is 0 Å². The maximum atomic E-state index is 5.54. The van der Waals surface area contributed by atoms with E-state index in [-0.39, 0.29) is 6.79 Å². The molecule has 33 heavy (non-hydrogen) atoms. The Labute approximate surface area is 190 Å². The Hall–Kier alpha value is -4.26. The normalized spacial score (nSPS) is 12.4.